The fourth-order valence-electron chi connectivity index (χ4n) is 1.49. The number of esters is 1. The number of carbonyl (C=O) groups excluding carboxylic acids is 1. The van der Waals surface area contributed by atoms with Gasteiger partial charge in [-0.2, -0.15) is 0 Å². The molecule has 1 heterocycles. The van der Waals surface area contributed by atoms with Crippen LogP contribution in [0.15, 0.2) is 0 Å². The van der Waals surface area contributed by atoms with Crippen LogP contribution >= 0.6 is 0 Å². The van der Waals surface area contributed by atoms with Crippen molar-refractivity contribution in [3.05, 3.63) is 0 Å². The molecule has 15 heavy (non-hydrogen) atoms. The Morgan fingerprint density at radius 1 is 1.40 bits per heavy atom. The summed E-state index contributed by atoms with van der Waals surface area (Å²) in [6, 6.07) is 0. The summed E-state index contributed by atoms with van der Waals surface area (Å²) in [6.07, 6.45) is -2.97. The van der Waals surface area contributed by atoms with Crippen molar-refractivity contribution in [3.8, 4) is 0 Å². The van der Waals surface area contributed by atoms with Crippen molar-refractivity contribution in [2.45, 2.75) is 45.3 Å². The van der Waals surface area contributed by atoms with Gasteiger partial charge in [-0.25, -0.2) is 8.78 Å². The van der Waals surface area contributed by atoms with Crippen molar-refractivity contribution in [1.29, 1.82) is 0 Å². The molecule has 0 spiro atoms. The van der Waals surface area contributed by atoms with Crippen LogP contribution in [0.3, 0.4) is 0 Å². The highest BCUT2D eigenvalue weighted by atomic mass is 19.1. The van der Waals surface area contributed by atoms with Crippen LogP contribution in [0.4, 0.5) is 8.78 Å². The molecule has 1 rings (SSSR count). The molecule has 88 valence electrons. The molecule has 3 unspecified atom stereocenters. The maximum Gasteiger partial charge on any atom is 0.316 e. The average Bonchev–Trinajstić information content (AvgIpc) is 1.99. The van der Waals surface area contributed by atoms with Gasteiger partial charge in [0, 0.05) is 6.54 Å². The van der Waals surface area contributed by atoms with Crippen molar-refractivity contribution in [3.63, 3.8) is 0 Å². The van der Waals surface area contributed by atoms with Gasteiger partial charge in [0.25, 0.3) is 0 Å². The van der Waals surface area contributed by atoms with E-state index in [1.807, 2.05) is 0 Å². The molecular formula is C10H17F2NO2. The van der Waals surface area contributed by atoms with Gasteiger partial charge < -0.3 is 4.74 Å². The minimum atomic E-state index is -1.65. The summed E-state index contributed by atoms with van der Waals surface area (Å²) < 4.78 is 31.6. The van der Waals surface area contributed by atoms with Crippen molar-refractivity contribution in [2.24, 2.45) is 5.92 Å². The zero-order valence-electron chi connectivity index (χ0n) is 9.22. The molecule has 0 aromatic rings. The van der Waals surface area contributed by atoms with E-state index >= 15 is 0 Å². The first-order valence-electron chi connectivity index (χ1n) is 5.05. The van der Waals surface area contributed by atoms with Gasteiger partial charge >= 0.3 is 5.97 Å². The number of piperidine rings is 1. The molecular weight excluding hydrogens is 204 g/mol. The third-order valence-electron chi connectivity index (χ3n) is 2.14. The summed E-state index contributed by atoms with van der Waals surface area (Å²) in [6.45, 7) is 5.26. The molecule has 0 radical (unpaired) electrons. The van der Waals surface area contributed by atoms with E-state index in [4.69, 9.17) is 4.74 Å². The number of halogens is 2. The molecule has 3 atom stereocenters. The zero-order valence-corrected chi connectivity index (χ0v) is 9.22. The van der Waals surface area contributed by atoms with Gasteiger partial charge in [-0.05, 0) is 27.2 Å². The Labute approximate surface area is 88.2 Å². The Morgan fingerprint density at radius 3 is 2.47 bits per heavy atom. The lowest BCUT2D eigenvalue weighted by Gasteiger charge is -2.31. The van der Waals surface area contributed by atoms with Gasteiger partial charge in [0.15, 0.2) is 6.30 Å². The summed E-state index contributed by atoms with van der Waals surface area (Å²) in [5, 5.41) is 2.42. The average molecular weight is 221 g/mol. The van der Waals surface area contributed by atoms with Crippen LogP contribution in [0.1, 0.15) is 27.2 Å². The summed E-state index contributed by atoms with van der Waals surface area (Å²) in [5.74, 6) is -2.15. The molecule has 0 aromatic heterocycles. The van der Waals surface area contributed by atoms with E-state index < -0.39 is 30.0 Å². The predicted molar refractivity (Wildman–Crippen MR) is 51.7 cm³/mol. The highest BCUT2D eigenvalue weighted by Gasteiger charge is 2.41. The number of hydrogen-bond acceptors (Lipinski definition) is 3. The summed E-state index contributed by atoms with van der Waals surface area (Å²) >= 11 is 0. The molecule has 1 N–H and O–H groups in total. The van der Waals surface area contributed by atoms with E-state index in [0.29, 0.717) is 0 Å². The number of rotatable bonds is 1. The molecule has 1 fully saturated rings. The quantitative estimate of drug-likeness (QED) is 0.539. The Morgan fingerprint density at radius 2 is 2.00 bits per heavy atom. The van der Waals surface area contributed by atoms with Gasteiger partial charge in [-0.3, -0.25) is 10.1 Å². The SMILES string of the molecule is CC(C)(C)OC(=O)C1C(F)CCNC1F. The van der Waals surface area contributed by atoms with Crippen LogP contribution in [0.25, 0.3) is 0 Å². The first kappa shape index (κ1) is 12.4. The fourth-order valence-corrected chi connectivity index (χ4v) is 1.49. The molecule has 0 aromatic carbocycles. The Bertz CT molecular complexity index is 230. The molecule has 3 nitrogen and oxygen atoms in total. The first-order chi connectivity index (χ1) is 6.81. The van der Waals surface area contributed by atoms with Crippen molar-refractivity contribution < 1.29 is 18.3 Å². The van der Waals surface area contributed by atoms with E-state index in [1.54, 1.807) is 20.8 Å². The van der Waals surface area contributed by atoms with Crippen LogP contribution in [-0.2, 0) is 9.53 Å². The second-order valence-corrected chi connectivity index (χ2v) is 4.72. The molecule has 1 saturated heterocycles. The molecule has 0 amide bonds. The second-order valence-electron chi connectivity index (χ2n) is 4.72. The number of carbonyl (C=O) groups is 1. The first-order valence-corrected chi connectivity index (χ1v) is 5.05. The molecule has 0 aliphatic carbocycles. The molecule has 1 aliphatic heterocycles. The van der Waals surface area contributed by atoms with Gasteiger partial charge in [0.1, 0.15) is 17.7 Å². The van der Waals surface area contributed by atoms with Gasteiger partial charge in [0.2, 0.25) is 0 Å². The van der Waals surface area contributed by atoms with Crippen molar-refractivity contribution in [2.75, 3.05) is 6.54 Å². The van der Waals surface area contributed by atoms with Crippen molar-refractivity contribution >= 4 is 5.97 Å². The zero-order chi connectivity index (χ0) is 11.6. The predicted octanol–water partition coefficient (Wildman–Crippen LogP) is 1.57. The number of nitrogens with one attached hydrogen (secondary N) is 1. The molecule has 0 bridgehead atoms. The van der Waals surface area contributed by atoms with E-state index in [0.717, 1.165) is 0 Å². The van der Waals surface area contributed by atoms with E-state index in [2.05, 4.69) is 5.32 Å². The lowest BCUT2D eigenvalue weighted by Crippen LogP contribution is -2.49. The van der Waals surface area contributed by atoms with Crippen LogP contribution < -0.4 is 5.32 Å². The Balaban J connectivity index is 2.64. The molecule has 0 saturated carbocycles. The van der Waals surface area contributed by atoms with Gasteiger partial charge in [-0.15, -0.1) is 0 Å². The van der Waals surface area contributed by atoms with Gasteiger partial charge in [-0.1, -0.05) is 0 Å². The second kappa shape index (κ2) is 4.43. The lowest BCUT2D eigenvalue weighted by atomic mass is 9.96. The van der Waals surface area contributed by atoms with Crippen LogP contribution in [0.5, 0.6) is 0 Å². The monoisotopic (exact) mass is 221 g/mol. The van der Waals surface area contributed by atoms with E-state index in [-0.39, 0.29) is 13.0 Å². The number of ether oxygens (including phenoxy) is 1. The highest BCUT2D eigenvalue weighted by Crippen LogP contribution is 2.24. The fraction of sp³-hybridized carbons (Fsp3) is 0.900. The number of hydrogen-bond donors (Lipinski definition) is 1. The van der Waals surface area contributed by atoms with Crippen LogP contribution in [0.2, 0.25) is 0 Å². The summed E-state index contributed by atoms with van der Waals surface area (Å²) in [4.78, 5) is 11.5. The van der Waals surface area contributed by atoms with E-state index in [1.165, 1.54) is 0 Å². The lowest BCUT2D eigenvalue weighted by molar-refractivity contribution is -0.167. The van der Waals surface area contributed by atoms with Crippen molar-refractivity contribution in [1.82, 2.24) is 5.32 Å². The third kappa shape index (κ3) is 3.41. The normalized spacial score (nSPS) is 32.5. The standard InChI is InChI=1S/C10H17F2NO2/c1-10(2,3)15-9(14)7-6(11)4-5-13-8(7)12/h6-8,13H,4-5H2,1-3H3. The minimum Gasteiger partial charge on any atom is -0.460 e. The maximum absolute atomic E-state index is 13.3. The molecule has 1 aliphatic rings. The Kier molecular flexibility index (Phi) is 3.65. The summed E-state index contributed by atoms with van der Waals surface area (Å²) in [5.41, 5.74) is -0.714. The largest absolute Gasteiger partial charge is 0.460 e. The maximum atomic E-state index is 13.3. The molecule has 5 heteroatoms. The minimum absolute atomic E-state index is 0.143. The Hall–Kier alpha value is -0.710. The van der Waals surface area contributed by atoms with E-state index in [9.17, 15) is 13.6 Å². The summed E-state index contributed by atoms with van der Waals surface area (Å²) in [7, 11) is 0. The highest BCUT2D eigenvalue weighted by molar-refractivity contribution is 5.74. The third-order valence-corrected chi connectivity index (χ3v) is 2.14. The van der Waals surface area contributed by atoms with Crippen LogP contribution in [-0.4, -0.2) is 30.6 Å². The topological polar surface area (TPSA) is 38.3 Å². The number of alkyl halides is 2. The van der Waals surface area contributed by atoms with Gasteiger partial charge in [0.05, 0.1) is 0 Å². The van der Waals surface area contributed by atoms with Crippen LogP contribution in [0, 0.1) is 5.92 Å². The smallest absolute Gasteiger partial charge is 0.316 e.